The first kappa shape index (κ1) is 34.6. The highest BCUT2D eigenvalue weighted by atomic mass is 32.2. The fraction of sp³-hybridized carbons (Fsp3) is 0.394. The van der Waals surface area contributed by atoms with Crippen molar-refractivity contribution in [3.05, 3.63) is 96.1 Å². The summed E-state index contributed by atoms with van der Waals surface area (Å²) in [5.74, 6) is -0.814. The predicted octanol–water partition coefficient (Wildman–Crippen LogP) is 4.12. The van der Waals surface area contributed by atoms with Crippen LogP contribution in [0.15, 0.2) is 89.8 Å². The quantitative estimate of drug-likeness (QED) is 0.138. The van der Waals surface area contributed by atoms with Gasteiger partial charge in [-0.3, -0.25) is 4.79 Å². The van der Waals surface area contributed by atoms with Crippen LogP contribution in [0.5, 0.6) is 0 Å². The van der Waals surface area contributed by atoms with Gasteiger partial charge in [0.25, 0.3) is 0 Å². The van der Waals surface area contributed by atoms with E-state index in [1.165, 1.54) is 23.5 Å². The number of methoxy groups -OCH3 is 1. The van der Waals surface area contributed by atoms with Crippen molar-refractivity contribution in [3.63, 3.8) is 0 Å². The van der Waals surface area contributed by atoms with Crippen LogP contribution in [-0.4, -0.2) is 68.7 Å². The molecular weight excluding hydrogens is 580 g/mol. The zero-order chi connectivity index (χ0) is 32.1. The molecule has 3 aromatic carbocycles. The second-order valence-corrected chi connectivity index (χ2v) is 13.0. The topological polar surface area (TPSA) is 151 Å². The van der Waals surface area contributed by atoms with Crippen molar-refractivity contribution < 1.29 is 27.9 Å². The van der Waals surface area contributed by atoms with E-state index in [1.807, 2.05) is 74.5 Å². The van der Waals surface area contributed by atoms with Crippen LogP contribution >= 0.6 is 0 Å². The monoisotopic (exact) mass is 624 g/mol. The maximum atomic E-state index is 13.6. The first-order valence-electron chi connectivity index (χ1n) is 14.8. The Morgan fingerprint density at radius 1 is 0.909 bits per heavy atom. The van der Waals surface area contributed by atoms with Crippen molar-refractivity contribution in [2.45, 2.75) is 56.0 Å². The minimum atomic E-state index is -3.87. The minimum absolute atomic E-state index is 0.0355. The second-order valence-electron chi connectivity index (χ2n) is 11.1. The molecule has 2 atom stereocenters. The number of carbonyl (C=O) groups is 2. The van der Waals surface area contributed by atoms with Gasteiger partial charge in [-0.15, -0.1) is 0 Å². The van der Waals surface area contributed by atoms with Crippen molar-refractivity contribution >= 4 is 27.7 Å². The highest BCUT2D eigenvalue weighted by molar-refractivity contribution is 7.89. The van der Waals surface area contributed by atoms with Gasteiger partial charge in [0.05, 0.1) is 18.6 Å². The number of alkyl carbamates (subject to hydrolysis) is 1. The summed E-state index contributed by atoms with van der Waals surface area (Å²) in [7, 11) is -2.62. The number of anilines is 1. The van der Waals surface area contributed by atoms with Gasteiger partial charge in [0.2, 0.25) is 15.9 Å². The number of aliphatic hydroxyl groups is 1. The van der Waals surface area contributed by atoms with Crippen molar-refractivity contribution in [2.75, 3.05) is 32.5 Å². The van der Waals surface area contributed by atoms with Gasteiger partial charge < -0.3 is 26.2 Å². The Morgan fingerprint density at radius 3 is 1.98 bits per heavy atom. The lowest BCUT2D eigenvalue weighted by Gasteiger charge is -2.31. The molecule has 0 aliphatic carbocycles. The average Bonchev–Trinajstić information content (AvgIpc) is 3.02. The van der Waals surface area contributed by atoms with E-state index in [9.17, 15) is 23.1 Å². The molecule has 0 saturated heterocycles. The highest BCUT2D eigenvalue weighted by Crippen LogP contribution is 2.29. The summed E-state index contributed by atoms with van der Waals surface area (Å²) in [5.41, 5.74) is 7.92. The van der Waals surface area contributed by atoms with Gasteiger partial charge in [-0.1, -0.05) is 80.9 Å². The molecule has 10 nitrogen and oxygen atoms in total. The molecule has 0 bridgehead atoms. The summed E-state index contributed by atoms with van der Waals surface area (Å²) in [4.78, 5) is 26.0. The van der Waals surface area contributed by atoms with E-state index >= 15 is 0 Å². The molecule has 0 radical (unpaired) electrons. The molecule has 44 heavy (non-hydrogen) atoms. The first-order valence-corrected chi connectivity index (χ1v) is 16.2. The molecule has 0 saturated carbocycles. The zero-order valence-electron chi connectivity index (χ0n) is 25.6. The number of rotatable bonds is 16. The fourth-order valence-corrected chi connectivity index (χ4v) is 6.93. The lowest BCUT2D eigenvalue weighted by atomic mass is 9.84. The molecule has 0 aliphatic heterocycles. The summed E-state index contributed by atoms with van der Waals surface area (Å²) in [6, 6.07) is 23.4. The van der Waals surface area contributed by atoms with Gasteiger partial charge in [-0.25, -0.2) is 13.2 Å². The number of benzene rings is 3. The van der Waals surface area contributed by atoms with Crippen LogP contribution in [0.3, 0.4) is 0 Å². The number of nitrogen functional groups attached to an aromatic ring is 1. The number of carbonyl (C=O) groups excluding carboxylic acids is 2. The number of sulfonamides is 1. The SMILES string of the molecule is COC(=O)N[C@@H](C(=O)NCCCC[C@H](CO)N(CC(C)C)S(=O)(=O)c1ccc(N)cc1)C(c1ccccc1)c1ccccc1. The van der Waals surface area contributed by atoms with E-state index in [4.69, 9.17) is 10.5 Å². The van der Waals surface area contributed by atoms with Crippen molar-refractivity contribution in [2.24, 2.45) is 5.92 Å². The van der Waals surface area contributed by atoms with Crippen molar-refractivity contribution in [1.29, 1.82) is 0 Å². The van der Waals surface area contributed by atoms with Gasteiger partial charge >= 0.3 is 6.09 Å². The van der Waals surface area contributed by atoms with Crippen LogP contribution in [0.2, 0.25) is 0 Å². The number of unbranched alkanes of at least 4 members (excludes halogenated alkanes) is 1. The van der Waals surface area contributed by atoms with Crippen molar-refractivity contribution in [3.8, 4) is 0 Å². The minimum Gasteiger partial charge on any atom is -0.453 e. The molecule has 3 rings (SSSR count). The van der Waals surface area contributed by atoms with Crippen LogP contribution in [-0.2, 0) is 19.6 Å². The average molecular weight is 625 g/mol. The van der Waals surface area contributed by atoms with Crippen LogP contribution in [0, 0.1) is 5.92 Å². The zero-order valence-corrected chi connectivity index (χ0v) is 26.4. The van der Waals surface area contributed by atoms with Crippen LogP contribution in [0.1, 0.15) is 50.2 Å². The number of nitrogens with zero attached hydrogens (tertiary/aromatic N) is 1. The van der Waals surface area contributed by atoms with Gasteiger partial charge in [-0.05, 0) is 54.2 Å². The summed E-state index contributed by atoms with van der Waals surface area (Å²) in [5, 5.41) is 15.9. The molecule has 11 heteroatoms. The number of hydrogen-bond donors (Lipinski definition) is 4. The van der Waals surface area contributed by atoms with E-state index < -0.39 is 34.1 Å². The number of hydrogen-bond acceptors (Lipinski definition) is 7. The number of nitrogens with one attached hydrogen (secondary N) is 2. The Labute approximate surface area is 260 Å². The summed E-state index contributed by atoms with van der Waals surface area (Å²) in [6.45, 7) is 4.05. The number of ether oxygens (including phenoxy) is 1. The summed E-state index contributed by atoms with van der Waals surface area (Å²) in [6.07, 6.45) is 0.757. The molecule has 0 spiro atoms. The summed E-state index contributed by atoms with van der Waals surface area (Å²) < 4.78 is 33.2. The van der Waals surface area contributed by atoms with Gasteiger partial charge in [0, 0.05) is 30.7 Å². The van der Waals surface area contributed by atoms with Crippen LogP contribution < -0.4 is 16.4 Å². The van der Waals surface area contributed by atoms with Gasteiger partial charge in [0.15, 0.2) is 0 Å². The molecule has 0 heterocycles. The fourth-order valence-electron chi connectivity index (χ4n) is 5.12. The lowest BCUT2D eigenvalue weighted by molar-refractivity contribution is -0.123. The Morgan fingerprint density at radius 2 is 1.48 bits per heavy atom. The molecule has 0 aromatic heterocycles. The number of amides is 2. The van der Waals surface area contributed by atoms with E-state index in [0.29, 0.717) is 31.5 Å². The predicted molar refractivity (Wildman–Crippen MR) is 171 cm³/mol. The lowest BCUT2D eigenvalue weighted by Crippen LogP contribution is -2.50. The maximum Gasteiger partial charge on any atom is 0.407 e. The Bertz CT molecular complexity index is 1380. The third kappa shape index (κ3) is 9.54. The first-order chi connectivity index (χ1) is 21.1. The standard InChI is InChI=1S/C33H44N4O6S/c1-24(2)22-37(44(41,42)29-19-17-27(34)18-20-29)28(23-38)16-10-11-21-35-32(39)31(36-33(40)43-3)30(25-12-6-4-7-13-25)26-14-8-5-9-15-26/h4-9,12-15,17-20,24,28,30-31,38H,10-11,16,21-23,34H2,1-3H3,(H,35,39)(H,36,40)/t28-,31-/m1/s1. The molecule has 3 aromatic rings. The molecule has 0 unspecified atom stereocenters. The molecule has 238 valence electrons. The third-order valence-electron chi connectivity index (χ3n) is 7.31. The van der Waals surface area contributed by atoms with E-state index in [-0.39, 0.29) is 29.9 Å². The second kappa shape index (κ2) is 16.8. The normalized spacial score (nSPS) is 13.1. The van der Waals surface area contributed by atoms with Gasteiger partial charge in [-0.2, -0.15) is 4.31 Å². The van der Waals surface area contributed by atoms with E-state index in [2.05, 4.69) is 10.6 Å². The van der Waals surface area contributed by atoms with Crippen molar-refractivity contribution in [1.82, 2.24) is 14.9 Å². The Balaban J connectivity index is 1.70. The number of nitrogens with two attached hydrogens (primary N) is 1. The Hall–Kier alpha value is -3.93. The molecule has 5 N–H and O–H groups in total. The molecular formula is C33H44N4O6S. The smallest absolute Gasteiger partial charge is 0.407 e. The Kier molecular flexibility index (Phi) is 13.2. The van der Waals surface area contributed by atoms with Gasteiger partial charge in [0.1, 0.15) is 6.04 Å². The maximum absolute atomic E-state index is 13.6. The summed E-state index contributed by atoms with van der Waals surface area (Å²) >= 11 is 0. The molecule has 2 amide bonds. The highest BCUT2D eigenvalue weighted by Gasteiger charge is 2.33. The van der Waals surface area contributed by atoms with E-state index in [0.717, 1.165) is 11.1 Å². The van der Waals surface area contributed by atoms with Crippen LogP contribution in [0.25, 0.3) is 0 Å². The molecule has 0 aliphatic rings. The van der Waals surface area contributed by atoms with E-state index in [1.54, 1.807) is 12.1 Å². The molecule has 0 fully saturated rings. The third-order valence-corrected chi connectivity index (χ3v) is 9.24. The largest absolute Gasteiger partial charge is 0.453 e. The number of aliphatic hydroxyl groups excluding tert-OH is 1. The van der Waals surface area contributed by atoms with Crippen LogP contribution in [0.4, 0.5) is 10.5 Å².